The van der Waals surface area contributed by atoms with Gasteiger partial charge in [-0.1, -0.05) is 34.2 Å². The van der Waals surface area contributed by atoms with Gasteiger partial charge in [0.05, 0.1) is 11.1 Å². The van der Waals surface area contributed by atoms with Crippen LogP contribution in [0.5, 0.6) is 0 Å². The summed E-state index contributed by atoms with van der Waals surface area (Å²) in [6.07, 6.45) is 1.60. The first-order chi connectivity index (χ1) is 11.1. The van der Waals surface area contributed by atoms with Gasteiger partial charge in [-0.05, 0) is 48.9 Å². The Hall–Kier alpha value is -1.95. The molecule has 1 heterocycles. The van der Waals surface area contributed by atoms with Crippen LogP contribution in [0.1, 0.15) is 10.4 Å². The van der Waals surface area contributed by atoms with E-state index in [2.05, 4.69) is 4.40 Å². The summed E-state index contributed by atoms with van der Waals surface area (Å²) in [4.78, 5) is 2.51. The van der Waals surface area contributed by atoms with E-state index in [4.69, 9.17) is 0 Å². The summed E-state index contributed by atoms with van der Waals surface area (Å²) in [5, 5.41) is 0. The smallest absolute Gasteiger partial charge is 0.182 e. The Kier molecular flexibility index (Phi) is 4.91. The van der Waals surface area contributed by atoms with Crippen LogP contribution in [0.3, 0.4) is 0 Å². The molecular weight excluding hydrogens is 329 g/mol. The van der Waals surface area contributed by atoms with Crippen LogP contribution < -0.4 is 0 Å². The molecule has 0 N–H and O–H groups in total. The van der Waals surface area contributed by atoms with E-state index in [1.807, 2.05) is 49.4 Å². The molecule has 0 fully saturated rings. The molecule has 0 bridgehead atoms. The SMILES string of the molecule is Cc1ccc([S@@+]([O-])/N=C/c2ccc(-c3cccc(F)c3)s2)cc1. The monoisotopic (exact) mass is 343 g/mol. The van der Waals surface area contributed by atoms with Gasteiger partial charge in [0, 0.05) is 4.88 Å². The third-order valence-electron chi connectivity index (χ3n) is 3.23. The normalized spacial score (nSPS) is 12.7. The van der Waals surface area contributed by atoms with Gasteiger partial charge in [0.2, 0.25) is 0 Å². The highest BCUT2D eigenvalue weighted by atomic mass is 32.2. The summed E-state index contributed by atoms with van der Waals surface area (Å²) in [6.45, 7) is 1.98. The molecule has 0 aliphatic carbocycles. The molecule has 5 heteroatoms. The average molecular weight is 343 g/mol. The molecule has 0 saturated heterocycles. The van der Waals surface area contributed by atoms with Crippen molar-refractivity contribution in [3.63, 3.8) is 0 Å². The molecule has 3 rings (SSSR count). The first-order valence-corrected chi connectivity index (χ1v) is 8.92. The van der Waals surface area contributed by atoms with E-state index in [-0.39, 0.29) is 5.82 Å². The number of benzene rings is 2. The zero-order chi connectivity index (χ0) is 16.2. The third-order valence-corrected chi connectivity index (χ3v) is 5.28. The molecule has 116 valence electrons. The zero-order valence-electron chi connectivity index (χ0n) is 12.4. The molecule has 0 spiro atoms. The van der Waals surface area contributed by atoms with Crippen molar-refractivity contribution in [3.8, 4) is 10.4 Å². The second-order valence-electron chi connectivity index (χ2n) is 5.01. The lowest BCUT2D eigenvalue weighted by Crippen LogP contribution is -1.97. The van der Waals surface area contributed by atoms with Crippen molar-refractivity contribution in [2.45, 2.75) is 11.8 Å². The topological polar surface area (TPSA) is 35.4 Å². The summed E-state index contributed by atoms with van der Waals surface area (Å²) in [6, 6.07) is 17.7. The predicted octanol–water partition coefficient (Wildman–Crippen LogP) is 5.00. The Morgan fingerprint density at radius 3 is 2.61 bits per heavy atom. The van der Waals surface area contributed by atoms with Crippen LogP contribution in [-0.2, 0) is 11.4 Å². The lowest BCUT2D eigenvalue weighted by molar-refractivity contribution is 0.597. The van der Waals surface area contributed by atoms with E-state index in [0.29, 0.717) is 4.90 Å². The Balaban J connectivity index is 1.74. The van der Waals surface area contributed by atoms with Crippen LogP contribution in [0.15, 0.2) is 70.0 Å². The van der Waals surface area contributed by atoms with Gasteiger partial charge in [0.1, 0.15) is 17.2 Å². The van der Waals surface area contributed by atoms with Gasteiger partial charge in [0.15, 0.2) is 4.90 Å². The maximum Gasteiger partial charge on any atom is 0.182 e. The van der Waals surface area contributed by atoms with Crippen LogP contribution >= 0.6 is 11.3 Å². The van der Waals surface area contributed by atoms with Crippen molar-refractivity contribution in [2.24, 2.45) is 4.40 Å². The van der Waals surface area contributed by atoms with Crippen LogP contribution in [0, 0.1) is 12.7 Å². The molecule has 0 radical (unpaired) electrons. The van der Waals surface area contributed by atoms with E-state index in [0.717, 1.165) is 20.9 Å². The van der Waals surface area contributed by atoms with Crippen molar-refractivity contribution in [1.82, 2.24) is 0 Å². The molecular formula is C18H14FNOS2. The molecule has 23 heavy (non-hydrogen) atoms. The molecule has 0 amide bonds. The molecule has 0 aliphatic rings. The number of rotatable bonds is 4. The summed E-state index contributed by atoms with van der Waals surface area (Å²) < 4.78 is 29.5. The van der Waals surface area contributed by atoms with Gasteiger partial charge in [0.25, 0.3) is 0 Å². The highest BCUT2D eigenvalue weighted by Gasteiger charge is 2.09. The van der Waals surface area contributed by atoms with Gasteiger partial charge in [-0.15, -0.1) is 11.3 Å². The van der Waals surface area contributed by atoms with E-state index < -0.39 is 11.4 Å². The molecule has 0 unspecified atom stereocenters. The lowest BCUT2D eigenvalue weighted by atomic mass is 10.2. The Morgan fingerprint density at radius 1 is 1.09 bits per heavy atom. The number of nitrogens with zero attached hydrogens (tertiary/aromatic N) is 1. The highest BCUT2D eigenvalue weighted by molar-refractivity contribution is 7.90. The summed E-state index contributed by atoms with van der Waals surface area (Å²) in [7, 11) is 0. The third kappa shape index (κ3) is 4.07. The van der Waals surface area contributed by atoms with E-state index in [9.17, 15) is 8.94 Å². The predicted molar refractivity (Wildman–Crippen MR) is 94.9 cm³/mol. The average Bonchev–Trinajstić information content (AvgIpc) is 3.02. The van der Waals surface area contributed by atoms with Crippen molar-refractivity contribution in [1.29, 1.82) is 0 Å². The van der Waals surface area contributed by atoms with Gasteiger partial charge in [-0.3, -0.25) is 0 Å². The van der Waals surface area contributed by atoms with Crippen LogP contribution in [0.4, 0.5) is 4.39 Å². The molecule has 3 aromatic rings. The summed E-state index contributed by atoms with van der Waals surface area (Å²) >= 11 is 0.0689. The van der Waals surface area contributed by atoms with Crippen LogP contribution in [0.2, 0.25) is 0 Å². The number of hydrogen-bond acceptors (Lipinski definition) is 3. The van der Waals surface area contributed by atoms with Gasteiger partial charge in [-0.2, -0.15) is 0 Å². The highest BCUT2D eigenvalue weighted by Crippen LogP contribution is 2.28. The van der Waals surface area contributed by atoms with Crippen LogP contribution in [-0.4, -0.2) is 10.8 Å². The largest absolute Gasteiger partial charge is 0.586 e. The van der Waals surface area contributed by atoms with Crippen molar-refractivity contribution < 1.29 is 8.94 Å². The van der Waals surface area contributed by atoms with Gasteiger partial charge >= 0.3 is 0 Å². The minimum absolute atomic E-state index is 0.258. The van der Waals surface area contributed by atoms with Gasteiger partial charge in [-0.25, -0.2) is 4.39 Å². The van der Waals surface area contributed by atoms with E-state index >= 15 is 0 Å². The van der Waals surface area contributed by atoms with E-state index in [1.165, 1.54) is 23.5 Å². The maximum atomic E-state index is 13.3. The number of aryl methyl sites for hydroxylation is 1. The van der Waals surface area contributed by atoms with E-state index in [1.54, 1.807) is 12.3 Å². The minimum Gasteiger partial charge on any atom is -0.586 e. The number of hydrogen-bond donors (Lipinski definition) is 0. The second kappa shape index (κ2) is 7.08. The number of halogens is 1. The molecule has 1 aromatic heterocycles. The van der Waals surface area contributed by atoms with Gasteiger partial charge < -0.3 is 4.55 Å². The first kappa shape index (κ1) is 15.9. The van der Waals surface area contributed by atoms with Crippen molar-refractivity contribution >= 4 is 28.9 Å². The van der Waals surface area contributed by atoms with Crippen LogP contribution in [0.25, 0.3) is 10.4 Å². The Morgan fingerprint density at radius 2 is 1.87 bits per heavy atom. The van der Waals surface area contributed by atoms with Crippen molar-refractivity contribution in [2.75, 3.05) is 0 Å². The fourth-order valence-corrected chi connectivity index (χ4v) is 3.68. The minimum atomic E-state index is -1.41. The molecule has 2 aromatic carbocycles. The molecule has 2 nitrogen and oxygen atoms in total. The molecule has 0 aliphatic heterocycles. The standard InChI is InChI=1S/C18H14FNOS2/c1-13-5-8-17(9-6-13)23(21)20-12-16-7-10-18(22-16)14-3-2-4-15(19)11-14/h2-12H,1H3/b20-12+/t23-/m1/s1. The molecule has 1 atom stereocenters. The summed E-state index contributed by atoms with van der Waals surface area (Å²) in [5.41, 5.74) is 1.95. The quantitative estimate of drug-likeness (QED) is 0.485. The molecule has 0 saturated carbocycles. The second-order valence-corrected chi connectivity index (χ2v) is 7.30. The fourth-order valence-electron chi connectivity index (χ4n) is 2.03. The fraction of sp³-hybridized carbons (Fsp3) is 0.0556. The lowest BCUT2D eigenvalue weighted by Gasteiger charge is -2.02. The maximum absolute atomic E-state index is 13.3. The zero-order valence-corrected chi connectivity index (χ0v) is 14.0. The first-order valence-electron chi connectivity index (χ1n) is 7.00. The number of thiophene rings is 1. The summed E-state index contributed by atoms with van der Waals surface area (Å²) in [5.74, 6) is -0.258. The Bertz CT molecular complexity index is 827. The van der Waals surface area contributed by atoms with Crippen molar-refractivity contribution in [3.05, 3.63) is 76.9 Å². The Labute approximate surface area is 141 Å².